The second kappa shape index (κ2) is 16.8. The molecule has 0 fully saturated rings. The smallest absolute Gasteiger partial charge is 0.159 e. The van der Waals surface area contributed by atoms with Crippen LogP contribution in [0.1, 0.15) is 40.9 Å². The summed E-state index contributed by atoms with van der Waals surface area (Å²) in [5.74, 6) is 1.54. The number of aliphatic imine (C=N–C) groups is 3. The Balaban J connectivity index is 1.12. The molecular formula is C56H43N5. The highest BCUT2D eigenvalue weighted by Crippen LogP contribution is 2.36. The number of benzene rings is 7. The van der Waals surface area contributed by atoms with E-state index in [2.05, 4.69) is 199 Å². The summed E-state index contributed by atoms with van der Waals surface area (Å²) in [6, 6.07) is 68.9. The number of aromatic nitrogens is 1. The van der Waals surface area contributed by atoms with E-state index in [-0.39, 0.29) is 12.2 Å². The highest BCUT2D eigenvalue weighted by atomic mass is 15.3. The summed E-state index contributed by atoms with van der Waals surface area (Å²) in [5.41, 5.74) is 15.3. The van der Waals surface area contributed by atoms with Crippen LogP contribution in [0.2, 0.25) is 0 Å². The van der Waals surface area contributed by atoms with Crippen LogP contribution in [0.4, 0.5) is 0 Å². The predicted octanol–water partition coefficient (Wildman–Crippen LogP) is 13.3. The van der Waals surface area contributed by atoms with Crippen LogP contribution in [-0.4, -0.2) is 34.8 Å². The Morgan fingerprint density at radius 2 is 0.967 bits per heavy atom. The highest BCUT2D eigenvalue weighted by molar-refractivity contribution is 6.14. The van der Waals surface area contributed by atoms with Crippen LogP contribution < -0.4 is 0 Å². The molecule has 0 saturated heterocycles. The first-order valence-corrected chi connectivity index (χ1v) is 20.8. The zero-order valence-corrected chi connectivity index (χ0v) is 33.9. The molecule has 2 unspecified atom stereocenters. The molecule has 0 radical (unpaired) electrons. The van der Waals surface area contributed by atoms with Crippen molar-refractivity contribution in [1.29, 1.82) is 0 Å². The van der Waals surface area contributed by atoms with E-state index in [0.29, 0.717) is 5.84 Å². The Hall–Kier alpha value is -7.76. The van der Waals surface area contributed by atoms with Gasteiger partial charge in [0.15, 0.2) is 5.84 Å². The fraction of sp³-hybridized carbons (Fsp3) is 0.0714. The van der Waals surface area contributed by atoms with Gasteiger partial charge in [-0.25, -0.2) is 9.98 Å². The van der Waals surface area contributed by atoms with E-state index in [0.717, 1.165) is 84.7 Å². The first-order valence-electron chi connectivity index (χ1n) is 20.8. The maximum atomic E-state index is 5.51. The molecule has 7 aromatic carbocycles. The van der Waals surface area contributed by atoms with Gasteiger partial charge in [0.1, 0.15) is 12.0 Å². The molecule has 0 N–H and O–H groups in total. The molecule has 0 spiro atoms. The predicted molar refractivity (Wildman–Crippen MR) is 253 cm³/mol. The van der Waals surface area contributed by atoms with E-state index < -0.39 is 0 Å². The van der Waals surface area contributed by atoms with E-state index in [1.807, 2.05) is 36.7 Å². The average molecular weight is 786 g/mol. The molecule has 3 heterocycles. The minimum absolute atomic E-state index is 0.147. The SMILES string of the molecule is CN1C(c2cc(-c3ccccc3)cc(-c3ccc(-c4ccccn4)cc3)c2)=NC(c2cc(-c3ccccc3)cc(-c3ccc(C4CC=CC=N4)cc3)c2)=NC1c1ccccc1. The van der Waals surface area contributed by atoms with Crippen molar-refractivity contribution >= 4 is 17.9 Å². The van der Waals surface area contributed by atoms with Crippen molar-refractivity contribution in [3.63, 3.8) is 0 Å². The van der Waals surface area contributed by atoms with Crippen LogP contribution in [0.15, 0.2) is 227 Å². The summed E-state index contributed by atoms with van der Waals surface area (Å²) in [5, 5.41) is 0. The van der Waals surface area contributed by atoms with Crippen LogP contribution in [-0.2, 0) is 0 Å². The standard InChI is InChI=1S/C56H43N5/c1-61-55(45-19-9-4-10-20-45)59-54(50-35-46(39-15-5-2-6-16-39)33-47(36-50)41-23-27-43(28-24-41)52-21-11-13-31-57-52)60-56(61)51-37-48(40-17-7-3-8-18-40)34-49(38-51)42-25-29-44(30-26-42)53-22-12-14-32-58-53/h2-20,22-38,52,55H,21H2,1H3. The molecule has 292 valence electrons. The number of dihydropyridines is 1. The quantitative estimate of drug-likeness (QED) is 0.146. The lowest BCUT2D eigenvalue weighted by atomic mass is 9.93. The van der Waals surface area contributed by atoms with Gasteiger partial charge in [-0.05, 0) is 117 Å². The molecule has 10 rings (SSSR count). The first-order chi connectivity index (χ1) is 30.1. The van der Waals surface area contributed by atoms with Crippen LogP contribution in [0, 0.1) is 0 Å². The van der Waals surface area contributed by atoms with E-state index >= 15 is 0 Å². The molecule has 5 nitrogen and oxygen atoms in total. The molecule has 0 bridgehead atoms. The molecule has 5 heteroatoms. The normalized spacial score (nSPS) is 15.9. The third kappa shape index (κ3) is 8.02. The fourth-order valence-electron chi connectivity index (χ4n) is 8.27. The molecule has 2 aliphatic rings. The summed E-state index contributed by atoms with van der Waals surface area (Å²) in [6.45, 7) is 0. The largest absolute Gasteiger partial charge is 0.333 e. The Kier molecular flexibility index (Phi) is 10.4. The summed E-state index contributed by atoms with van der Waals surface area (Å²) in [7, 11) is 2.10. The van der Waals surface area contributed by atoms with Gasteiger partial charge < -0.3 is 4.90 Å². The lowest BCUT2D eigenvalue weighted by molar-refractivity contribution is 0.383. The topological polar surface area (TPSA) is 53.2 Å². The van der Waals surface area contributed by atoms with Crippen molar-refractivity contribution < 1.29 is 0 Å². The second-order valence-corrected chi connectivity index (χ2v) is 15.5. The molecule has 0 aliphatic carbocycles. The number of pyridine rings is 1. The number of hydrogen-bond acceptors (Lipinski definition) is 5. The molecule has 2 atom stereocenters. The van der Waals surface area contributed by atoms with Crippen LogP contribution in [0.5, 0.6) is 0 Å². The van der Waals surface area contributed by atoms with Crippen molar-refractivity contribution in [1.82, 2.24) is 9.88 Å². The fourth-order valence-corrected chi connectivity index (χ4v) is 8.27. The Morgan fingerprint density at radius 3 is 1.52 bits per heavy atom. The van der Waals surface area contributed by atoms with Gasteiger partial charge in [-0.2, -0.15) is 0 Å². The van der Waals surface area contributed by atoms with E-state index in [1.165, 1.54) is 5.56 Å². The Labute approximate surface area is 357 Å². The molecule has 8 aromatic rings. The first kappa shape index (κ1) is 37.5. The Morgan fingerprint density at radius 1 is 0.459 bits per heavy atom. The van der Waals surface area contributed by atoms with Gasteiger partial charge >= 0.3 is 0 Å². The maximum Gasteiger partial charge on any atom is 0.159 e. The van der Waals surface area contributed by atoms with E-state index in [4.69, 9.17) is 15.0 Å². The molecule has 0 saturated carbocycles. The number of amidine groups is 2. The van der Waals surface area contributed by atoms with Crippen molar-refractivity contribution in [2.24, 2.45) is 15.0 Å². The van der Waals surface area contributed by atoms with Crippen molar-refractivity contribution in [2.45, 2.75) is 18.6 Å². The maximum absolute atomic E-state index is 5.51. The number of rotatable bonds is 9. The van der Waals surface area contributed by atoms with E-state index in [9.17, 15) is 0 Å². The minimum Gasteiger partial charge on any atom is -0.333 e. The lowest BCUT2D eigenvalue weighted by Gasteiger charge is -2.33. The lowest BCUT2D eigenvalue weighted by Crippen LogP contribution is -2.35. The van der Waals surface area contributed by atoms with Crippen molar-refractivity contribution in [3.8, 4) is 55.8 Å². The molecule has 1 aromatic heterocycles. The number of allylic oxidation sites excluding steroid dienone is 1. The minimum atomic E-state index is -0.307. The van der Waals surface area contributed by atoms with Gasteiger partial charge in [0.05, 0.1) is 11.7 Å². The van der Waals surface area contributed by atoms with Gasteiger partial charge in [-0.3, -0.25) is 9.98 Å². The number of nitrogens with zero attached hydrogens (tertiary/aromatic N) is 5. The monoisotopic (exact) mass is 785 g/mol. The molecule has 61 heavy (non-hydrogen) atoms. The van der Waals surface area contributed by atoms with Crippen LogP contribution >= 0.6 is 0 Å². The van der Waals surface area contributed by atoms with Gasteiger partial charge in [-0.15, -0.1) is 0 Å². The zero-order valence-electron chi connectivity index (χ0n) is 33.9. The average Bonchev–Trinajstić information content (AvgIpc) is 3.35. The summed E-state index contributed by atoms with van der Waals surface area (Å²) >= 11 is 0. The molecular weight excluding hydrogens is 743 g/mol. The van der Waals surface area contributed by atoms with Crippen LogP contribution in [0.25, 0.3) is 55.8 Å². The second-order valence-electron chi connectivity index (χ2n) is 15.5. The highest BCUT2D eigenvalue weighted by Gasteiger charge is 2.28. The van der Waals surface area contributed by atoms with Gasteiger partial charge in [0.25, 0.3) is 0 Å². The molecule has 0 amide bonds. The summed E-state index contributed by atoms with van der Waals surface area (Å²) in [4.78, 5) is 22.5. The van der Waals surface area contributed by atoms with Crippen molar-refractivity contribution in [2.75, 3.05) is 7.05 Å². The van der Waals surface area contributed by atoms with Gasteiger partial charge in [-0.1, -0.05) is 152 Å². The van der Waals surface area contributed by atoms with Crippen molar-refractivity contribution in [3.05, 3.63) is 235 Å². The summed E-state index contributed by atoms with van der Waals surface area (Å²) in [6.07, 6.45) is 8.54. The molecule has 2 aliphatic heterocycles. The Bertz CT molecular complexity index is 2920. The third-order valence-corrected chi connectivity index (χ3v) is 11.5. The third-order valence-electron chi connectivity index (χ3n) is 11.5. The van der Waals surface area contributed by atoms with Gasteiger partial charge in [0, 0.05) is 36.1 Å². The summed E-state index contributed by atoms with van der Waals surface area (Å²) < 4.78 is 0. The number of hydrogen-bond donors (Lipinski definition) is 0. The van der Waals surface area contributed by atoms with Gasteiger partial charge in [0.2, 0.25) is 0 Å². The van der Waals surface area contributed by atoms with Crippen LogP contribution in [0.3, 0.4) is 0 Å². The van der Waals surface area contributed by atoms with E-state index in [1.54, 1.807) is 0 Å². The zero-order chi connectivity index (χ0) is 41.0.